The van der Waals surface area contributed by atoms with Gasteiger partial charge in [-0.25, -0.2) is 9.59 Å². The molecule has 0 saturated carbocycles. The molecule has 0 aromatic heterocycles. The van der Waals surface area contributed by atoms with Crippen LogP contribution in [0.5, 0.6) is 0 Å². The first-order chi connectivity index (χ1) is 17.7. The van der Waals surface area contributed by atoms with Crippen LogP contribution in [0.4, 0.5) is 9.59 Å². The van der Waals surface area contributed by atoms with Crippen LogP contribution in [0.2, 0.25) is 0 Å². The van der Waals surface area contributed by atoms with Gasteiger partial charge in [-0.1, -0.05) is 74.5 Å². The number of hydrogen-bond acceptors (Lipinski definition) is 7. The Kier molecular flexibility index (Phi) is 9.69. The summed E-state index contributed by atoms with van der Waals surface area (Å²) in [5.41, 5.74) is 0.935. The Labute approximate surface area is 218 Å². The first kappa shape index (κ1) is 28.2. The summed E-state index contributed by atoms with van der Waals surface area (Å²) in [6.45, 7) is 8.93. The van der Waals surface area contributed by atoms with E-state index in [0.29, 0.717) is 19.1 Å². The zero-order valence-electron chi connectivity index (χ0n) is 22.2. The van der Waals surface area contributed by atoms with Crippen LogP contribution >= 0.6 is 0 Å². The van der Waals surface area contributed by atoms with E-state index >= 15 is 0 Å². The van der Waals surface area contributed by atoms with Crippen LogP contribution in [-0.4, -0.2) is 60.0 Å². The van der Waals surface area contributed by atoms with Crippen molar-refractivity contribution >= 4 is 18.5 Å². The molecule has 2 aromatic rings. The molecule has 0 spiro atoms. The smallest absolute Gasteiger partial charge is 0.440 e. The van der Waals surface area contributed by atoms with Gasteiger partial charge in [-0.3, -0.25) is 4.90 Å². The van der Waals surface area contributed by atoms with Gasteiger partial charge in [-0.15, -0.1) is 0 Å². The first-order valence-corrected chi connectivity index (χ1v) is 12.7. The van der Waals surface area contributed by atoms with Crippen molar-refractivity contribution in [2.24, 2.45) is 0 Å². The van der Waals surface area contributed by atoms with E-state index in [0.717, 1.165) is 11.1 Å². The van der Waals surface area contributed by atoms with Crippen LogP contribution in [-0.2, 0) is 23.7 Å². The van der Waals surface area contributed by atoms with Crippen LogP contribution in [0.15, 0.2) is 60.7 Å². The molecular formula is C29H37NO7. The number of carbonyl (C=O) groups is 3. The monoisotopic (exact) mass is 511 g/mol. The first-order valence-electron chi connectivity index (χ1n) is 12.7. The summed E-state index contributed by atoms with van der Waals surface area (Å²) in [6.07, 6.45) is -1.43. The Morgan fingerprint density at radius 3 is 2.00 bits per heavy atom. The third-order valence-electron chi connectivity index (χ3n) is 6.15. The molecule has 37 heavy (non-hydrogen) atoms. The number of benzene rings is 2. The van der Waals surface area contributed by atoms with Crippen molar-refractivity contribution in [3.05, 3.63) is 71.8 Å². The second-order valence-electron chi connectivity index (χ2n) is 9.99. The highest BCUT2D eigenvalue weighted by molar-refractivity contribution is 5.79. The average molecular weight is 512 g/mol. The molecule has 3 atom stereocenters. The molecule has 8 heteroatoms. The molecule has 1 aliphatic heterocycles. The van der Waals surface area contributed by atoms with Gasteiger partial charge in [-0.05, 0) is 44.7 Å². The average Bonchev–Trinajstić information content (AvgIpc) is 3.20. The second-order valence-corrected chi connectivity index (χ2v) is 9.99. The summed E-state index contributed by atoms with van der Waals surface area (Å²) in [5, 5.41) is 0. The maximum absolute atomic E-state index is 13.4. The Balaban J connectivity index is 1.94. The number of aldehydes is 1. The zero-order chi connectivity index (χ0) is 27.0. The van der Waals surface area contributed by atoms with Gasteiger partial charge < -0.3 is 23.7 Å². The Morgan fingerprint density at radius 2 is 1.54 bits per heavy atom. The van der Waals surface area contributed by atoms with E-state index in [1.165, 1.54) is 4.90 Å². The summed E-state index contributed by atoms with van der Waals surface area (Å²) in [7, 11) is 0. The second kappa shape index (κ2) is 12.7. The van der Waals surface area contributed by atoms with Crippen molar-refractivity contribution in [1.82, 2.24) is 4.90 Å². The van der Waals surface area contributed by atoms with Crippen molar-refractivity contribution in [2.45, 2.75) is 83.5 Å². The standard InChI is InChI=1S/C29H37NO7/c1-6-22(7-2)35-24(19-34-28(33)37-29(3,4)5)26-23(18-31)30(27(32)36-26)25(20-14-10-8-11-15-20)21-16-12-9-13-17-21/h8-18,22-26H,6-7,19H2,1-5H3/t23-,24+,26-/m0/s1. The van der Waals surface area contributed by atoms with Crippen molar-refractivity contribution in [3.63, 3.8) is 0 Å². The Hall–Kier alpha value is -3.39. The van der Waals surface area contributed by atoms with E-state index in [1.54, 1.807) is 20.8 Å². The van der Waals surface area contributed by atoms with Gasteiger partial charge in [0.25, 0.3) is 0 Å². The molecule has 200 valence electrons. The van der Waals surface area contributed by atoms with Gasteiger partial charge in [-0.2, -0.15) is 0 Å². The van der Waals surface area contributed by atoms with E-state index in [4.69, 9.17) is 18.9 Å². The molecule has 0 radical (unpaired) electrons. The van der Waals surface area contributed by atoms with Crippen molar-refractivity contribution in [3.8, 4) is 0 Å². The maximum Gasteiger partial charge on any atom is 0.508 e. The topological polar surface area (TPSA) is 91.4 Å². The molecule has 1 heterocycles. The predicted molar refractivity (Wildman–Crippen MR) is 138 cm³/mol. The minimum atomic E-state index is -0.983. The van der Waals surface area contributed by atoms with Gasteiger partial charge in [0.15, 0.2) is 6.10 Å². The highest BCUT2D eigenvalue weighted by atomic mass is 16.7. The summed E-state index contributed by atoms with van der Waals surface area (Å²) in [5.74, 6) is 0. The van der Waals surface area contributed by atoms with E-state index in [2.05, 4.69) is 0 Å². The fourth-order valence-electron chi connectivity index (χ4n) is 4.40. The minimum absolute atomic E-state index is 0.175. The molecule has 0 aliphatic carbocycles. The summed E-state index contributed by atoms with van der Waals surface area (Å²) < 4.78 is 22.6. The number of hydrogen-bond donors (Lipinski definition) is 0. The lowest BCUT2D eigenvalue weighted by atomic mass is 9.95. The SMILES string of the molecule is CCC(CC)O[C@H](COC(=O)OC(C)(C)C)[C@H]1OC(=O)N(C(c2ccccc2)c2ccccc2)[C@H]1C=O. The molecule has 3 rings (SSSR count). The van der Waals surface area contributed by atoms with E-state index < -0.39 is 42.1 Å². The number of amides is 1. The Bertz CT molecular complexity index is 978. The van der Waals surface area contributed by atoms with Crippen molar-refractivity contribution in [1.29, 1.82) is 0 Å². The maximum atomic E-state index is 13.4. The molecule has 0 bridgehead atoms. The van der Waals surface area contributed by atoms with E-state index in [-0.39, 0.29) is 12.7 Å². The third kappa shape index (κ3) is 7.32. The summed E-state index contributed by atoms with van der Waals surface area (Å²) in [4.78, 5) is 39.6. The van der Waals surface area contributed by atoms with Crippen LogP contribution < -0.4 is 0 Å². The highest BCUT2D eigenvalue weighted by Gasteiger charge is 2.50. The molecule has 1 aliphatic rings. The lowest BCUT2D eigenvalue weighted by molar-refractivity contribution is -0.124. The van der Waals surface area contributed by atoms with Crippen LogP contribution in [0.3, 0.4) is 0 Å². The molecule has 1 fully saturated rings. The normalized spacial score (nSPS) is 18.6. The van der Waals surface area contributed by atoms with Crippen LogP contribution in [0.25, 0.3) is 0 Å². The fraction of sp³-hybridized carbons (Fsp3) is 0.483. The number of rotatable bonds is 11. The molecule has 8 nitrogen and oxygen atoms in total. The van der Waals surface area contributed by atoms with Crippen LogP contribution in [0, 0.1) is 0 Å². The van der Waals surface area contributed by atoms with Crippen LogP contribution in [0.1, 0.15) is 64.6 Å². The summed E-state index contributed by atoms with van der Waals surface area (Å²) >= 11 is 0. The fourth-order valence-corrected chi connectivity index (χ4v) is 4.40. The molecule has 0 unspecified atom stereocenters. The highest BCUT2D eigenvalue weighted by Crippen LogP contribution is 2.36. The predicted octanol–water partition coefficient (Wildman–Crippen LogP) is 5.69. The zero-order valence-corrected chi connectivity index (χ0v) is 22.2. The van der Waals surface area contributed by atoms with Gasteiger partial charge >= 0.3 is 12.2 Å². The van der Waals surface area contributed by atoms with E-state index in [9.17, 15) is 14.4 Å². The number of cyclic esters (lactones) is 1. The molecule has 2 aromatic carbocycles. The van der Waals surface area contributed by atoms with Gasteiger partial charge in [0.1, 0.15) is 30.6 Å². The molecule has 0 N–H and O–H groups in total. The van der Waals surface area contributed by atoms with Gasteiger partial charge in [0.2, 0.25) is 0 Å². The largest absolute Gasteiger partial charge is 0.508 e. The number of nitrogens with zero attached hydrogens (tertiary/aromatic N) is 1. The quantitative estimate of drug-likeness (QED) is 0.283. The third-order valence-corrected chi connectivity index (χ3v) is 6.15. The van der Waals surface area contributed by atoms with Gasteiger partial charge in [0, 0.05) is 0 Å². The Morgan fingerprint density at radius 1 is 1.00 bits per heavy atom. The minimum Gasteiger partial charge on any atom is -0.440 e. The molecule has 1 saturated heterocycles. The van der Waals surface area contributed by atoms with Crippen molar-refractivity contribution < 1.29 is 33.3 Å². The molecule has 1 amide bonds. The van der Waals surface area contributed by atoms with Crippen molar-refractivity contribution in [2.75, 3.05) is 6.61 Å². The lowest BCUT2D eigenvalue weighted by Gasteiger charge is -2.32. The lowest BCUT2D eigenvalue weighted by Crippen LogP contribution is -2.48. The van der Waals surface area contributed by atoms with E-state index in [1.807, 2.05) is 74.5 Å². The number of ether oxygens (including phenoxy) is 4. The number of carbonyl (C=O) groups excluding carboxylic acids is 3. The summed E-state index contributed by atoms with van der Waals surface area (Å²) in [6, 6.07) is 17.4. The molecular weight excluding hydrogens is 474 g/mol. The van der Waals surface area contributed by atoms with Gasteiger partial charge in [0.05, 0.1) is 12.1 Å².